The van der Waals surface area contributed by atoms with Gasteiger partial charge in [-0.05, 0) is 30.9 Å². The van der Waals surface area contributed by atoms with Crippen LogP contribution in [0.15, 0.2) is 30.3 Å². The van der Waals surface area contributed by atoms with Crippen LogP contribution in [0.5, 0.6) is 0 Å². The summed E-state index contributed by atoms with van der Waals surface area (Å²) in [4.78, 5) is 35.4. The van der Waals surface area contributed by atoms with Crippen molar-refractivity contribution in [1.82, 2.24) is 10.6 Å². The number of hydrogen-bond acceptors (Lipinski definition) is 6. The Labute approximate surface area is 156 Å². The summed E-state index contributed by atoms with van der Waals surface area (Å²) in [6.07, 6.45) is 0.0831. The van der Waals surface area contributed by atoms with Gasteiger partial charge in [-0.1, -0.05) is 30.3 Å². The number of nitrogens with one attached hydrogen (secondary N) is 2. The Morgan fingerprint density at radius 2 is 1.85 bits per heavy atom. The molecule has 144 valence electrons. The van der Waals surface area contributed by atoms with Gasteiger partial charge in [0.15, 0.2) is 6.04 Å². The minimum Gasteiger partial charge on any atom is -0.480 e. The molecule has 0 saturated heterocycles. The Balaban J connectivity index is 2.65. The molecule has 0 radical (unpaired) electrons. The topological polar surface area (TPSA) is 125 Å². The third-order valence-electron chi connectivity index (χ3n) is 3.48. The summed E-state index contributed by atoms with van der Waals surface area (Å²) in [7, 11) is 0. The number of carbonyl (C=O) groups excluding carboxylic acids is 2. The lowest BCUT2D eigenvalue weighted by atomic mass is 10.1. The first-order valence-electron chi connectivity index (χ1n) is 8.02. The van der Waals surface area contributed by atoms with Crippen molar-refractivity contribution in [1.29, 1.82) is 0 Å². The molecule has 2 amide bonds. The van der Waals surface area contributed by atoms with Crippen molar-refractivity contribution >= 4 is 29.7 Å². The lowest BCUT2D eigenvalue weighted by molar-refractivity contribution is -0.145. The van der Waals surface area contributed by atoms with Gasteiger partial charge >= 0.3 is 12.1 Å². The summed E-state index contributed by atoms with van der Waals surface area (Å²) in [5, 5.41) is 23.2. The lowest BCUT2D eigenvalue weighted by Crippen LogP contribution is -2.54. The summed E-state index contributed by atoms with van der Waals surface area (Å²) in [5.74, 6) is -1.48. The van der Waals surface area contributed by atoms with Gasteiger partial charge in [0.25, 0.3) is 0 Å². The van der Waals surface area contributed by atoms with E-state index in [-0.39, 0.29) is 6.61 Å². The first-order chi connectivity index (χ1) is 12.3. The zero-order valence-corrected chi connectivity index (χ0v) is 15.5. The molecule has 0 saturated carbocycles. The van der Waals surface area contributed by atoms with Crippen molar-refractivity contribution in [2.45, 2.75) is 38.1 Å². The highest BCUT2D eigenvalue weighted by molar-refractivity contribution is 7.98. The van der Waals surface area contributed by atoms with Gasteiger partial charge in [-0.15, -0.1) is 0 Å². The Bertz CT molecular complexity index is 596. The lowest BCUT2D eigenvalue weighted by Gasteiger charge is -2.22. The number of aliphatic carboxylic acids is 1. The van der Waals surface area contributed by atoms with Crippen LogP contribution in [0.1, 0.15) is 18.9 Å². The molecule has 0 spiro atoms. The quantitative estimate of drug-likeness (QED) is 0.474. The molecule has 3 atom stereocenters. The van der Waals surface area contributed by atoms with Crippen molar-refractivity contribution < 1.29 is 29.3 Å². The number of amides is 2. The van der Waals surface area contributed by atoms with Gasteiger partial charge in [-0.3, -0.25) is 4.79 Å². The van der Waals surface area contributed by atoms with Gasteiger partial charge in [0.05, 0.1) is 6.10 Å². The van der Waals surface area contributed by atoms with Crippen molar-refractivity contribution in [2.24, 2.45) is 0 Å². The molecule has 0 fully saturated rings. The number of rotatable bonds is 10. The molecule has 0 bridgehead atoms. The number of carboxylic acids is 1. The first-order valence-corrected chi connectivity index (χ1v) is 9.42. The molecular formula is C17H24N2O6S. The highest BCUT2D eigenvalue weighted by Gasteiger charge is 2.29. The minimum absolute atomic E-state index is 0.0506. The maximum Gasteiger partial charge on any atom is 0.408 e. The number of carbonyl (C=O) groups is 3. The fourth-order valence-corrected chi connectivity index (χ4v) is 2.53. The third kappa shape index (κ3) is 7.75. The molecule has 1 aromatic carbocycles. The Kier molecular flexibility index (Phi) is 9.53. The van der Waals surface area contributed by atoms with Gasteiger partial charge in [0.1, 0.15) is 12.6 Å². The van der Waals surface area contributed by atoms with Gasteiger partial charge < -0.3 is 25.6 Å². The van der Waals surface area contributed by atoms with E-state index in [2.05, 4.69) is 10.6 Å². The fourth-order valence-electron chi connectivity index (χ4n) is 2.05. The number of carboxylic acid groups (broad SMARTS) is 1. The smallest absolute Gasteiger partial charge is 0.408 e. The zero-order chi connectivity index (χ0) is 19.5. The van der Waals surface area contributed by atoms with Crippen LogP contribution in [0.25, 0.3) is 0 Å². The highest BCUT2D eigenvalue weighted by atomic mass is 32.2. The molecule has 26 heavy (non-hydrogen) atoms. The molecule has 1 rings (SSSR count). The summed E-state index contributed by atoms with van der Waals surface area (Å²) in [6, 6.07) is 6.64. The number of hydrogen-bond donors (Lipinski definition) is 4. The van der Waals surface area contributed by atoms with Gasteiger partial charge in [0.2, 0.25) is 5.91 Å². The van der Waals surface area contributed by atoms with Gasteiger partial charge in [0, 0.05) is 0 Å². The first kappa shape index (κ1) is 21.8. The normalized spacial score (nSPS) is 14.0. The third-order valence-corrected chi connectivity index (χ3v) is 4.12. The second-order valence-corrected chi connectivity index (χ2v) is 6.59. The number of aliphatic hydroxyl groups excluding tert-OH is 1. The largest absolute Gasteiger partial charge is 0.480 e. The molecular weight excluding hydrogens is 360 g/mol. The van der Waals surface area contributed by atoms with Crippen LogP contribution in [0, 0.1) is 0 Å². The maximum absolute atomic E-state index is 12.3. The van der Waals surface area contributed by atoms with Crippen LogP contribution in [-0.4, -0.2) is 58.4 Å². The van der Waals surface area contributed by atoms with E-state index < -0.39 is 36.2 Å². The van der Waals surface area contributed by atoms with Gasteiger partial charge in [-0.25, -0.2) is 9.59 Å². The second kappa shape index (κ2) is 11.4. The summed E-state index contributed by atoms with van der Waals surface area (Å²) < 4.78 is 5.09. The molecule has 0 aliphatic carbocycles. The van der Waals surface area contributed by atoms with Crippen LogP contribution in [0.4, 0.5) is 4.79 Å². The van der Waals surface area contributed by atoms with E-state index in [1.165, 1.54) is 18.7 Å². The monoisotopic (exact) mass is 384 g/mol. The van der Waals surface area contributed by atoms with Crippen LogP contribution in [0.2, 0.25) is 0 Å². The maximum atomic E-state index is 12.3. The molecule has 4 N–H and O–H groups in total. The number of thioether (sulfide) groups is 1. The second-order valence-electron chi connectivity index (χ2n) is 5.61. The molecule has 0 aliphatic heterocycles. The Morgan fingerprint density at radius 1 is 1.19 bits per heavy atom. The predicted octanol–water partition coefficient (Wildman–Crippen LogP) is 0.985. The van der Waals surface area contributed by atoms with Crippen molar-refractivity contribution in [3.05, 3.63) is 35.9 Å². The summed E-state index contributed by atoms with van der Waals surface area (Å²) >= 11 is 1.48. The molecule has 0 heterocycles. The van der Waals surface area contributed by atoms with Crippen molar-refractivity contribution in [2.75, 3.05) is 12.0 Å². The molecule has 1 aromatic rings. The van der Waals surface area contributed by atoms with Crippen LogP contribution >= 0.6 is 11.8 Å². The van der Waals surface area contributed by atoms with E-state index in [4.69, 9.17) is 9.84 Å². The van der Waals surface area contributed by atoms with E-state index in [9.17, 15) is 19.5 Å². The highest BCUT2D eigenvalue weighted by Crippen LogP contribution is 2.05. The van der Waals surface area contributed by atoms with E-state index in [0.29, 0.717) is 12.2 Å². The Hall–Kier alpha value is -2.26. The molecule has 9 heteroatoms. The van der Waals surface area contributed by atoms with E-state index in [0.717, 1.165) is 5.56 Å². The standard InChI is InChI=1S/C17H24N2O6S/c1-11(20)14(16(22)23)19-15(21)13(8-9-26-2)18-17(24)25-10-12-6-4-3-5-7-12/h3-7,11,13-14,20H,8-10H2,1-2H3,(H,18,24)(H,19,21)(H,22,23). The molecule has 3 unspecified atom stereocenters. The number of alkyl carbamates (subject to hydrolysis) is 1. The van der Waals surface area contributed by atoms with Crippen LogP contribution in [-0.2, 0) is 20.9 Å². The number of aliphatic hydroxyl groups is 1. The van der Waals surface area contributed by atoms with E-state index >= 15 is 0 Å². The predicted molar refractivity (Wildman–Crippen MR) is 97.8 cm³/mol. The average Bonchev–Trinajstić information content (AvgIpc) is 2.61. The van der Waals surface area contributed by atoms with Crippen molar-refractivity contribution in [3.63, 3.8) is 0 Å². The minimum atomic E-state index is -1.46. The van der Waals surface area contributed by atoms with Crippen LogP contribution < -0.4 is 10.6 Å². The summed E-state index contributed by atoms with van der Waals surface area (Å²) in [5.41, 5.74) is 0.799. The van der Waals surface area contributed by atoms with Crippen LogP contribution in [0.3, 0.4) is 0 Å². The van der Waals surface area contributed by atoms with E-state index in [1.807, 2.05) is 24.5 Å². The fraction of sp³-hybridized carbons (Fsp3) is 0.471. The zero-order valence-electron chi connectivity index (χ0n) is 14.7. The Morgan fingerprint density at radius 3 is 2.38 bits per heavy atom. The summed E-state index contributed by atoms with van der Waals surface area (Å²) in [6.45, 7) is 1.31. The average molecular weight is 384 g/mol. The molecule has 0 aromatic heterocycles. The SMILES string of the molecule is CSCCC(NC(=O)OCc1ccccc1)C(=O)NC(C(=O)O)C(C)O. The van der Waals surface area contributed by atoms with E-state index in [1.54, 1.807) is 12.1 Å². The molecule has 0 aliphatic rings. The van der Waals surface area contributed by atoms with Gasteiger partial charge in [-0.2, -0.15) is 11.8 Å². The molecule has 8 nitrogen and oxygen atoms in total. The number of ether oxygens (including phenoxy) is 1. The van der Waals surface area contributed by atoms with Crippen molar-refractivity contribution in [3.8, 4) is 0 Å². The number of benzene rings is 1.